The molecule has 33 heavy (non-hydrogen) atoms. The monoisotopic (exact) mass is 457 g/mol. The predicted molar refractivity (Wildman–Crippen MR) is 126 cm³/mol. The summed E-state index contributed by atoms with van der Waals surface area (Å²) in [6.07, 6.45) is 3.04. The normalized spacial score (nSPS) is 10.8. The van der Waals surface area contributed by atoms with E-state index in [0.29, 0.717) is 39.2 Å². The third-order valence-electron chi connectivity index (χ3n) is 4.84. The van der Waals surface area contributed by atoms with Gasteiger partial charge in [0, 0.05) is 35.8 Å². The third kappa shape index (κ3) is 4.68. The first-order valence-electron chi connectivity index (χ1n) is 9.91. The van der Waals surface area contributed by atoms with Crippen LogP contribution >= 0.6 is 0 Å². The van der Waals surface area contributed by atoms with Gasteiger partial charge in [-0.15, -0.1) is 0 Å². The maximum absolute atomic E-state index is 13.3. The zero-order valence-electron chi connectivity index (χ0n) is 17.9. The van der Waals surface area contributed by atoms with Gasteiger partial charge in [-0.25, -0.2) is 8.42 Å². The molecule has 4 aromatic rings. The van der Waals surface area contributed by atoms with Gasteiger partial charge in [-0.3, -0.25) is 19.5 Å². The zero-order valence-corrected chi connectivity index (χ0v) is 18.7. The molecule has 4 rings (SSSR count). The molecule has 0 aliphatic carbocycles. The lowest BCUT2D eigenvalue weighted by atomic mass is 10.1. The molecule has 164 valence electrons. The van der Waals surface area contributed by atoms with E-state index in [2.05, 4.69) is 26.5 Å². The van der Waals surface area contributed by atoms with E-state index >= 15 is 0 Å². The van der Waals surface area contributed by atoms with Crippen molar-refractivity contribution in [1.29, 1.82) is 0 Å². The Bertz CT molecular complexity index is 1520. The molecule has 0 amide bonds. The number of nitrogens with one attached hydrogen (secondary N) is 1. The molecule has 0 bridgehead atoms. The molecular formula is C25H19N3O4S. The Morgan fingerprint density at radius 2 is 1.79 bits per heavy atom. The van der Waals surface area contributed by atoms with Crippen molar-refractivity contribution in [3.8, 4) is 17.6 Å². The highest BCUT2D eigenvalue weighted by Gasteiger charge is 2.21. The summed E-state index contributed by atoms with van der Waals surface area (Å²) in [5.74, 6) is 6.33. The average molecular weight is 458 g/mol. The van der Waals surface area contributed by atoms with Crippen LogP contribution in [0.4, 0.5) is 5.69 Å². The van der Waals surface area contributed by atoms with Crippen LogP contribution in [0.5, 0.6) is 5.75 Å². The molecule has 0 fully saturated rings. The number of anilines is 1. The van der Waals surface area contributed by atoms with E-state index in [9.17, 15) is 13.2 Å². The Morgan fingerprint density at radius 3 is 2.52 bits per heavy atom. The standard InChI is InChI=1S/C25H19N3O4S/c1-17(29)21-12-10-18(16-27-21)9-11-19-6-3-4-8-22(19)28-33(30,31)24-14-13-23(32-2)20-7-5-15-26-25(20)24/h3-8,10,12-16,28H,1-2H3. The molecule has 0 aliphatic rings. The molecule has 2 heterocycles. The summed E-state index contributed by atoms with van der Waals surface area (Å²) in [6, 6.07) is 16.7. The van der Waals surface area contributed by atoms with Gasteiger partial charge in [0.25, 0.3) is 10.0 Å². The minimum Gasteiger partial charge on any atom is -0.496 e. The van der Waals surface area contributed by atoms with Crippen molar-refractivity contribution < 1.29 is 17.9 Å². The Balaban J connectivity index is 1.69. The second kappa shape index (κ2) is 9.10. The van der Waals surface area contributed by atoms with E-state index < -0.39 is 10.0 Å². The van der Waals surface area contributed by atoms with Crippen LogP contribution < -0.4 is 9.46 Å². The van der Waals surface area contributed by atoms with Crippen molar-refractivity contribution >= 4 is 32.4 Å². The van der Waals surface area contributed by atoms with Crippen LogP contribution in [0.2, 0.25) is 0 Å². The first-order chi connectivity index (χ1) is 15.9. The number of nitrogens with zero attached hydrogens (tertiary/aromatic N) is 2. The van der Waals surface area contributed by atoms with Crippen molar-refractivity contribution in [3.05, 3.63) is 89.9 Å². The Kier molecular flexibility index (Phi) is 6.07. The van der Waals surface area contributed by atoms with Gasteiger partial charge in [0.1, 0.15) is 16.3 Å². The van der Waals surface area contributed by atoms with Crippen LogP contribution in [0.1, 0.15) is 28.5 Å². The molecule has 0 atom stereocenters. The number of rotatable bonds is 5. The van der Waals surface area contributed by atoms with E-state index in [1.165, 1.54) is 32.5 Å². The van der Waals surface area contributed by atoms with Crippen LogP contribution in [-0.2, 0) is 10.0 Å². The fourth-order valence-electron chi connectivity index (χ4n) is 3.21. The maximum atomic E-state index is 13.3. The average Bonchev–Trinajstić information content (AvgIpc) is 2.82. The van der Waals surface area contributed by atoms with Gasteiger partial charge in [-0.1, -0.05) is 24.0 Å². The number of hydrogen-bond donors (Lipinski definition) is 1. The van der Waals surface area contributed by atoms with Gasteiger partial charge in [0.05, 0.1) is 18.3 Å². The number of carbonyl (C=O) groups excluding carboxylic acids is 1. The van der Waals surface area contributed by atoms with Gasteiger partial charge in [0.15, 0.2) is 5.78 Å². The molecule has 0 unspecified atom stereocenters. The fourth-order valence-corrected chi connectivity index (χ4v) is 4.45. The second-order valence-electron chi connectivity index (χ2n) is 7.05. The number of Topliss-reactive ketones (excluding diaryl/α,β-unsaturated/α-hetero) is 1. The van der Waals surface area contributed by atoms with Crippen LogP contribution in [0.3, 0.4) is 0 Å². The summed E-state index contributed by atoms with van der Waals surface area (Å²) >= 11 is 0. The van der Waals surface area contributed by atoms with Crippen molar-refractivity contribution in [2.45, 2.75) is 11.8 Å². The minimum absolute atomic E-state index is 0.0330. The molecule has 2 aromatic heterocycles. The topological polar surface area (TPSA) is 98.2 Å². The molecule has 0 saturated carbocycles. The van der Waals surface area contributed by atoms with Crippen molar-refractivity contribution in [3.63, 3.8) is 0 Å². The summed E-state index contributed by atoms with van der Waals surface area (Å²) in [6.45, 7) is 1.44. The fraction of sp³-hybridized carbons (Fsp3) is 0.0800. The lowest BCUT2D eigenvalue weighted by Crippen LogP contribution is -2.14. The van der Waals surface area contributed by atoms with Crippen molar-refractivity contribution in [2.24, 2.45) is 0 Å². The van der Waals surface area contributed by atoms with E-state index in [1.54, 1.807) is 54.6 Å². The number of fused-ring (bicyclic) bond motifs is 1. The molecule has 0 aliphatic heterocycles. The smallest absolute Gasteiger partial charge is 0.264 e. The highest BCUT2D eigenvalue weighted by atomic mass is 32.2. The van der Waals surface area contributed by atoms with Gasteiger partial charge >= 0.3 is 0 Å². The first kappa shape index (κ1) is 22.0. The number of sulfonamides is 1. The maximum Gasteiger partial charge on any atom is 0.264 e. The predicted octanol–water partition coefficient (Wildman–Crippen LogP) is 4.04. The van der Waals surface area contributed by atoms with E-state index in [4.69, 9.17) is 4.74 Å². The van der Waals surface area contributed by atoms with Crippen molar-refractivity contribution in [1.82, 2.24) is 9.97 Å². The third-order valence-corrected chi connectivity index (χ3v) is 6.24. The molecular weight excluding hydrogens is 438 g/mol. The summed E-state index contributed by atoms with van der Waals surface area (Å²) in [4.78, 5) is 19.7. The van der Waals surface area contributed by atoms with Gasteiger partial charge < -0.3 is 4.74 Å². The van der Waals surface area contributed by atoms with E-state index in [1.807, 2.05) is 0 Å². The number of pyridine rings is 2. The number of hydrogen-bond acceptors (Lipinski definition) is 6. The van der Waals surface area contributed by atoms with Crippen LogP contribution in [-0.4, -0.2) is 31.3 Å². The molecule has 2 aromatic carbocycles. The number of carbonyl (C=O) groups is 1. The molecule has 7 nitrogen and oxygen atoms in total. The highest BCUT2D eigenvalue weighted by molar-refractivity contribution is 7.93. The Labute approximate surface area is 191 Å². The number of methoxy groups -OCH3 is 1. The SMILES string of the molecule is COc1ccc(S(=O)(=O)Nc2ccccc2C#Cc2ccc(C(C)=O)nc2)c2ncccc12. The van der Waals surface area contributed by atoms with Crippen LogP contribution in [0, 0.1) is 11.8 Å². The molecule has 1 N–H and O–H groups in total. The van der Waals surface area contributed by atoms with Crippen LogP contribution in [0.15, 0.2) is 78.0 Å². The van der Waals surface area contributed by atoms with Crippen LogP contribution in [0.25, 0.3) is 10.9 Å². The summed E-state index contributed by atoms with van der Waals surface area (Å²) in [5.41, 5.74) is 2.09. The molecule has 0 radical (unpaired) electrons. The Hall–Kier alpha value is -4.22. The number of aromatic nitrogens is 2. The number of para-hydroxylation sites is 1. The zero-order chi connectivity index (χ0) is 23.4. The molecule has 0 spiro atoms. The molecule has 8 heteroatoms. The lowest BCUT2D eigenvalue weighted by Gasteiger charge is -2.13. The second-order valence-corrected chi connectivity index (χ2v) is 8.71. The largest absolute Gasteiger partial charge is 0.496 e. The minimum atomic E-state index is -3.97. The van der Waals surface area contributed by atoms with Crippen molar-refractivity contribution in [2.75, 3.05) is 11.8 Å². The number of ketones is 1. The lowest BCUT2D eigenvalue weighted by molar-refractivity contribution is 0.101. The summed E-state index contributed by atoms with van der Waals surface area (Å²) < 4.78 is 34.5. The molecule has 0 saturated heterocycles. The number of benzene rings is 2. The summed E-state index contributed by atoms with van der Waals surface area (Å²) in [5, 5.41) is 0.595. The Morgan fingerprint density at radius 1 is 0.970 bits per heavy atom. The van der Waals surface area contributed by atoms with Gasteiger partial charge in [-0.05, 0) is 48.5 Å². The first-order valence-corrected chi connectivity index (χ1v) is 11.4. The van der Waals surface area contributed by atoms with Gasteiger partial charge in [-0.2, -0.15) is 0 Å². The van der Waals surface area contributed by atoms with Gasteiger partial charge in [0.2, 0.25) is 0 Å². The van der Waals surface area contributed by atoms with E-state index in [-0.39, 0.29) is 10.7 Å². The summed E-state index contributed by atoms with van der Waals surface area (Å²) in [7, 11) is -2.45. The quantitative estimate of drug-likeness (QED) is 0.359. The highest BCUT2D eigenvalue weighted by Crippen LogP contribution is 2.30. The van der Waals surface area contributed by atoms with E-state index in [0.717, 1.165) is 0 Å². The number of ether oxygens (including phenoxy) is 1.